The molecule has 3 aliphatic rings. The number of benzene rings is 1. The molecule has 2 bridgehead atoms. The Balaban J connectivity index is 2.08. The third-order valence-corrected chi connectivity index (χ3v) is 5.51. The summed E-state index contributed by atoms with van der Waals surface area (Å²) in [5.41, 5.74) is 7.00. The van der Waals surface area contributed by atoms with E-state index in [-0.39, 0.29) is 16.4 Å². The first-order valence-corrected chi connectivity index (χ1v) is 8.08. The molecule has 0 aromatic heterocycles. The summed E-state index contributed by atoms with van der Waals surface area (Å²) in [5.74, 6) is 0.0459. The molecule has 3 heterocycles. The summed E-state index contributed by atoms with van der Waals surface area (Å²) >= 11 is 0. The molecule has 5 nitrogen and oxygen atoms in total. The third kappa shape index (κ3) is 2.18. The number of fused-ring (bicyclic) bond motifs is 3. The molecule has 1 unspecified atom stereocenters. The molecule has 3 aliphatic heterocycles. The molecule has 0 amide bonds. The number of hydrogen-bond acceptors (Lipinski definition) is 4. The van der Waals surface area contributed by atoms with Crippen molar-refractivity contribution in [3.8, 4) is 0 Å². The number of hydrogen-bond donors (Lipinski definition) is 2. The monoisotopic (exact) mass is 281 g/mol. The van der Waals surface area contributed by atoms with Crippen LogP contribution in [0.5, 0.6) is 0 Å². The SMILES string of the molecule is NC12CCN(CC1)CC2c1ccccc1S(N)(=O)=O. The highest BCUT2D eigenvalue weighted by molar-refractivity contribution is 7.89. The minimum atomic E-state index is -3.70. The van der Waals surface area contributed by atoms with Crippen molar-refractivity contribution in [1.82, 2.24) is 4.90 Å². The zero-order valence-corrected chi connectivity index (χ0v) is 11.6. The summed E-state index contributed by atoms with van der Waals surface area (Å²) in [6.45, 7) is 2.83. The van der Waals surface area contributed by atoms with E-state index in [1.54, 1.807) is 12.1 Å². The van der Waals surface area contributed by atoms with E-state index < -0.39 is 10.0 Å². The molecule has 6 heteroatoms. The minimum absolute atomic E-state index is 0.0459. The summed E-state index contributed by atoms with van der Waals surface area (Å²) in [4.78, 5) is 2.57. The fraction of sp³-hybridized carbons (Fsp3) is 0.538. The van der Waals surface area contributed by atoms with Crippen LogP contribution >= 0.6 is 0 Å². The van der Waals surface area contributed by atoms with Gasteiger partial charge in [0.1, 0.15) is 0 Å². The maximum absolute atomic E-state index is 11.7. The smallest absolute Gasteiger partial charge is 0.238 e. The summed E-state index contributed by atoms with van der Waals surface area (Å²) < 4.78 is 23.5. The van der Waals surface area contributed by atoms with E-state index in [2.05, 4.69) is 4.90 Å². The standard InChI is InChI=1S/C13H19N3O2S/c14-13-5-7-16(8-6-13)9-11(13)10-3-1-2-4-12(10)19(15,17)18/h1-4,11H,5-9,14H2,(H2,15,17,18). The summed E-state index contributed by atoms with van der Waals surface area (Å²) in [6.07, 6.45) is 1.83. The van der Waals surface area contributed by atoms with Gasteiger partial charge in [-0.25, -0.2) is 13.6 Å². The molecule has 4 N–H and O–H groups in total. The van der Waals surface area contributed by atoms with Crippen molar-refractivity contribution in [2.45, 2.75) is 29.2 Å². The fourth-order valence-electron chi connectivity index (χ4n) is 3.38. The van der Waals surface area contributed by atoms with Crippen LogP contribution < -0.4 is 10.9 Å². The Bertz CT molecular complexity index is 592. The van der Waals surface area contributed by atoms with Crippen LogP contribution in [0.1, 0.15) is 24.3 Å². The fourth-order valence-corrected chi connectivity index (χ4v) is 4.18. The first kappa shape index (κ1) is 13.1. The second-order valence-electron chi connectivity index (χ2n) is 5.67. The average Bonchev–Trinajstić information content (AvgIpc) is 2.38. The molecular formula is C13H19N3O2S. The Labute approximate surface area is 113 Å². The van der Waals surface area contributed by atoms with Crippen molar-refractivity contribution in [3.63, 3.8) is 0 Å². The zero-order valence-electron chi connectivity index (χ0n) is 10.7. The van der Waals surface area contributed by atoms with E-state index in [1.165, 1.54) is 0 Å². The van der Waals surface area contributed by atoms with Crippen molar-refractivity contribution < 1.29 is 8.42 Å². The molecular weight excluding hydrogens is 262 g/mol. The lowest BCUT2D eigenvalue weighted by molar-refractivity contribution is 0.0617. The van der Waals surface area contributed by atoms with Gasteiger partial charge in [-0.2, -0.15) is 0 Å². The predicted octanol–water partition coefficient (Wildman–Crippen LogP) is 0.225. The van der Waals surface area contributed by atoms with E-state index in [9.17, 15) is 8.42 Å². The predicted molar refractivity (Wildman–Crippen MR) is 73.1 cm³/mol. The van der Waals surface area contributed by atoms with Crippen LogP contribution in [0.15, 0.2) is 29.2 Å². The van der Waals surface area contributed by atoms with Crippen LogP contribution in [0.25, 0.3) is 0 Å². The van der Waals surface area contributed by atoms with Gasteiger partial charge in [0.25, 0.3) is 0 Å². The maximum Gasteiger partial charge on any atom is 0.238 e. The molecule has 0 saturated carbocycles. The van der Waals surface area contributed by atoms with E-state index >= 15 is 0 Å². The van der Waals surface area contributed by atoms with Gasteiger partial charge in [0, 0.05) is 18.0 Å². The third-order valence-electron chi connectivity index (χ3n) is 4.52. The van der Waals surface area contributed by atoms with E-state index in [0.29, 0.717) is 0 Å². The van der Waals surface area contributed by atoms with Gasteiger partial charge in [-0.1, -0.05) is 18.2 Å². The molecule has 0 radical (unpaired) electrons. The van der Waals surface area contributed by atoms with Gasteiger partial charge < -0.3 is 10.6 Å². The molecule has 1 aromatic rings. The maximum atomic E-state index is 11.7. The zero-order chi connectivity index (χ0) is 13.7. The Morgan fingerprint density at radius 1 is 1.21 bits per heavy atom. The molecule has 1 aromatic carbocycles. The largest absolute Gasteiger partial charge is 0.324 e. The molecule has 0 spiro atoms. The van der Waals surface area contributed by atoms with Gasteiger partial charge >= 0.3 is 0 Å². The van der Waals surface area contributed by atoms with E-state index in [4.69, 9.17) is 10.9 Å². The first-order valence-electron chi connectivity index (χ1n) is 6.53. The van der Waals surface area contributed by atoms with Crippen molar-refractivity contribution in [1.29, 1.82) is 0 Å². The molecule has 4 rings (SSSR count). The van der Waals surface area contributed by atoms with Gasteiger partial charge in [-0.3, -0.25) is 0 Å². The lowest BCUT2D eigenvalue weighted by atomic mass is 9.69. The molecule has 104 valence electrons. The Morgan fingerprint density at radius 2 is 1.84 bits per heavy atom. The quantitative estimate of drug-likeness (QED) is 0.812. The Hall–Kier alpha value is -0.950. The lowest BCUT2D eigenvalue weighted by Crippen LogP contribution is -2.62. The first-order chi connectivity index (χ1) is 8.90. The number of rotatable bonds is 2. The normalized spacial score (nSPS) is 34.4. The molecule has 3 saturated heterocycles. The molecule has 0 aliphatic carbocycles. The van der Waals surface area contributed by atoms with Crippen LogP contribution in [-0.2, 0) is 10.0 Å². The van der Waals surface area contributed by atoms with Crippen LogP contribution in [0.4, 0.5) is 0 Å². The molecule has 1 atom stereocenters. The van der Waals surface area contributed by atoms with Gasteiger partial charge in [0.15, 0.2) is 0 Å². The van der Waals surface area contributed by atoms with Crippen molar-refractivity contribution in [2.24, 2.45) is 10.9 Å². The Kier molecular flexibility index (Phi) is 2.94. The number of nitrogens with zero attached hydrogens (tertiary/aromatic N) is 1. The highest BCUT2D eigenvalue weighted by atomic mass is 32.2. The second-order valence-corrected chi connectivity index (χ2v) is 7.20. The molecule has 19 heavy (non-hydrogen) atoms. The van der Waals surface area contributed by atoms with Gasteiger partial charge in [-0.15, -0.1) is 0 Å². The van der Waals surface area contributed by atoms with Crippen molar-refractivity contribution >= 4 is 10.0 Å². The minimum Gasteiger partial charge on any atom is -0.324 e. The van der Waals surface area contributed by atoms with Gasteiger partial charge in [-0.05, 0) is 37.6 Å². The second kappa shape index (κ2) is 4.28. The number of primary sulfonamides is 1. The molecule has 3 fully saturated rings. The van der Waals surface area contributed by atoms with Gasteiger partial charge in [0.05, 0.1) is 4.90 Å². The van der Waals surface area contributed by atoms with Crippen molar-refractivity contribution in [3.05, 3.63) is 29.8 Å². The summed E-state index contributed by atoms with van der Waals surface area (Å²) in [6, 6.07) is 6.98. The Morgan fingerprint density at radius 3 is 2.42 bits per heavy atom. The topological polar surface area (TPSA) is 89.4 Å². The van der Waals surface area contributed by atoms with E-state index in [1.807, 2.05) is 12.1 Å². The van der Waals surface area contributed by atoms with Crippen molar-refractivity contribution in [2.75, 3.05) is 19.6 Å². The van der Waals surface area contributed by atoms with E-state index in [0.717, 1.165) is 38.0 Å². The van der Waals surface area contributed by atoms with Crippen LogP contribution in [-0.4, -0.2) is 38.5 Å². The van der Waals surface area contributed by atoms with Gasteiger partial charge in [0.2, 0.25) is 10.0 Å². The number of sulfonamides is 1. The summed E-state index contributed by atoms with van der Waals surface area (Å²) in [7, 11) is -3.70. The average molecular weight is 281 g/mol. The number of piperidine rings is 3. The summed E-state index contributed by atoms with van der Waals surface area (Å²) in [5, 5.41) is 5.32. The van der Waals surface area contributed by atoms with Crippen LogP contribution in [0.2, 0.25) is 0 Å². The lowest BCUT2D eigenvalue weighted by Gasteiger charge is -2.52. The highest BCUT2D eigenvalue weighted by Crippen LogP contribution is 2.42. The highest BCUT2D eigenvalue weighted by Gasteiger charge is 2.45. The number of nitrogens with two attached hydrogens (primary N) is 2. The van der Waals surface area contributed by atoms with Crippen LogP contribution in [0, 0.1) is 0 Å². The van der Waals surface area contributed by atoms with Crippen LogP contribution in [0.3, 0.4) is 0 Å².